The van der Waals surface area contributed by atoms with Crippen molar-refractivity contribution in [3.8, 4) is 0 Å². The van der Waals surface area contributed by atoms with Gasteiger partial charge in [-0.1, -0.05) is 52.0 Å². The molecule has 2 fully saturated rings. The molecule has 0 aromatic carbocycles. The molecule has 7 unspecified atom stereocenters. The van der Waals surface area contributed by atoms with Crippen molar-refractivity contribution in [2.24, 2.45) is 28.1 Å². The standard InChI is InChI=1S/C21H27N3O2/c1-19(2)12-7-10-21(19,4)16(11-12)22-17(25)23-14-5-6-15(24(23)18(22)26)20(3)9-8-13(14)20/h5-6,8-9,12-16H,7,10-11H2,1-4H3. The van der Waals surface area contributed by atoms with E-state index in [0.717, 1.165) is 12.8 Å². The summed E-state index contributed by atoms with van der Waals surface area (Å²) < 4.78 is 5.18. The van der Waals surface area contributed by atoms with Crippen LogP contribution in [0.4, 0.5) is 0 Å². The lowest BCUT2D eigenvalue weighted by Crippen LogP contribution is -2.55. The number of aromatic nitrogens is 3. The zero-order valence-corrected chi connectivity index (χ0v) is 16.0. The van der Waals surface area contributed by atoms with Gasteiger partial charge in [0.1, 0.15) is 0 Å². The molecule has 4 aliphatic carbocycles. The van der Waals surface area contributed by atoms with Gasteiger partial charge in [0.2, 0.25) is 0 Å². The fraction of sp³-hybridized carbons (Fsp3) is 0.714. The van der Waals surface area contributed by atoms with Crippen LogP contribution >= 0.6 is 0 Å². The van der Waals surface area contributed by atoms with Gasteiger partial charge in [-0.25, -0.2) is 23.5 Å². The second kappa shape index (κ2) is 4.05. The fourth-order valence-electron chi connectivity index (χ4n) is 7.24. The van der Waals surface area contributed by atoms with Crippen molar-refractivity contribution in [3.05, 3.63) is 45.3 Å². The highest BCUT2D eigenvalue weighted by atomic mass is 16.2. The molecule has 5 nitrogen and oxygen atoms in total. The molecule has 6 aliphatic rings. The van der Waals surface area contributed by atoms with Crippen LogP contribution in [0.2, 0.25) is 0 Å². The van der Waals surface area contributed by atoms with Gasteiger partial charge < -0.3 is 0 Å². The van der Waals surface area contributed by atoms with E-state index in [9.17, 15) is 9.59 Å². The Morgan fingerprint density at radius 2 is 1.73 bits per heavy atom. The van der Waals surface area contributed by atoms with Gasteiger partial charge in [0.25, 0.3) is 0 Å². The molecule has 0 radical (unpaired) electrons. The van der Waals surface area contributed by atoms with Gasteiger partial charge in [-0.15, -0.1) is 0 Å². The lowest BCUT2D eigenvalue weighted by molar-refractivity contribution is 0.0553. The van der Waals surface area contributed by atoms with E-state index in [1.54, 1.807) is 13.9 Å². The minimum atomic E-state index is -0.0936. The normalized spacial score (nSPS) is 48.5. The summed E-state index contributed by atoms with van der Waals surface area (Å²) in [5, 5.41) is 0. The monoisotopic (exact) mass is 353 g/mol. The molecule has 26 heavy (non-hydrogen) atoms. The van der Waals surface area contributed by atoms with Crippen molar-refractivity contribution < 1.29 is 0 Å². The molecule has 5 heteroatoms. The van der Waals surface area contributed by atoms with Crippen LogP contribution < -0.4 is 11.4 Å². The van der Waals surface area contributed by atoms with Crippen LogP contribution in [-0.4, -0.2) is 13.9 Å². The van der Waals surface area contributed by atoms with Gasteiger partial charge in [0.05, 0.1) is 12.1 Å². The zero-order valence-electron chi connectivity index (χ0n) is 16.0. The largest absolute Gasteiger partial charge is 0.348 e. The third-order valence-electron chi connectivity index (χ3n) is 9.52. The molecule has 2 aliphatic heterocycles. The van der Waals surface area contributed by atoms with E-state index in [-0.39, 0.29) is 45.7 Å². The second-order valence-corrected chi connectivity index (χ2v) is 10.3. The number of rotatable bonds is 1. The highest BCUT2D eigenvalue weighted by Gasteiger charge is 2.63. The summed E-state index contributed by atoms with van der Waals surface area (Å²) in [4.78, 5) is 27.0. The first-order chi connectivity index (χ1) is 12.2. The molecular formula is C21H27N3O2. The average molecular weight is 353 g/mol. The first-order valence-corrected chi connectivity index (χ1v) is 10.0. The van der Waals surface area contributed by atoms with Crippen LogP contribution in [0.1, 0.15) is 65.1 Å². The summed E-state index contributed by atoms with van der Waals surface area (Å²) in [5.41, 5.74) is -0.0119. The minimum Gasteiger partial charge on any atom is -0.246 e. The van der Waals surface area contributed by atoms with Gasteiger partial charge in [-0.05, 0) is 36.0 Å². The maximum absolute atomic E-state index is 13.5. The Labute approximate surface area is 153 Å². The smallest absolute Gasteiger partial charge is 0.246 e. The molecule has 1 aromatic rings. The predicted molar refractivity (Wildman–Crippen MR) is 99.2 cm³/mol. The van der Waals surface area contributed by atoms with E-state index >= 15 is 0 Å². The SMILES string of the molecule is CC12C=CC1C1C=CC2n2c(=O)n(C3CC4CCC3(C)C4(C)C)c(=O)n21. The highest BCUT2D eigenvalue weighted by Crippen LogP contribution is 2.69. The quantitative estimate of drug-likeness (QED) is 0.729. The van der Waals surface area contributed by atoms with E-state index in [4.69, 9.17) is 0 Å². The topological polar surface area (TPSA) is 48.9 Å². The van der Waals surface area contributed by atoms with E-state index in [1.807, 2.05) is 0 Å². The zero-order chi connectivity index (χ0) is 18.2. The molecule has 0 amide bonds. The third-order valence-corrected chi connectivity index (χ3v) is 9.52. The van der Waals surface area contributed by atoms with Gasteiger partial charge in [0, 0.05) is 17.4 Å². The van der Waals surface area contributed by atoms with Gasteiger partial charge >= 0.3 is 11.4 Å². The summed E-state index contributed by atoms with van der Waals surface area (Å²) in [6.45, 7) is 9.19. The molecule has 0 N–H and O–H groups in total. The Balaban J connectivity index is 1.57. The molecule has 7 atom stereocenters. The maximum atomic E-state index is 13.5. The first-order valence-electron chi connectivity index (χ1n) is 10.0. The predicted octanol–water partition coefficient (Wildman–Crippen LogP) is 3.06. The minimum absolute atomic E-state index is 0.0177. The van der Waals surface area contributed by atoms with E-state index in [1.165, 1.54) is 6.42 Å². The van der Waals surface area contributed by atoms with Crippen LogP contribution in [0.5, 0.6) is 0 Å². The summed E-state index contributed by atoms with van der Waals surface area (Å²) in [6.07, 6.45) is 12.0. The first kappa shape index (κ1) is 15.3. The van der Waals surface area contributed by atoms with E-state index in [2.05, 4.69) is 52.0 Å². The van der Waals surface area contributed by atoms with Gasteiger partial charge in [-0.3, -0.25) is 0 Å². The van der Waals surface area contributed by atoms with Crippen LogP contribution in [0.3, 0.4) is 0 Å². The van der Waals surface area contributed by atoms with Crippen molar-refractivity contribution in [2.45, 2.75) is 65.1 Å². The highest BCUT2D eigenvalue weighted by molar-refractivity contribution is 5.33. The molecule has 7 rings (SSSR count). The molecule has 3 heterocycles. The van der Waals surface area contributed by atoms with Crippen molar-refractivity contribution >= 4 is 0 Å². The lowest BCUT2D eigenvalue weighted by Gasteiger charge is -2.55. The van der Waals surface area contributed by atoms with E-state index in [0.29, 0.717) is 11.8 Å². The second-order valence-electron chi connectivity index (χ2n) is 10.3. The lowest BCUT2D eigenvalue weighted by atomic mass is 9.57. The number of allylic oxidation sites excluding steroid dienone is 4. The van der Waals surface area contributed by atoms with Crippen LogP contribution in [0.25, 0.3) is 0 Å². The molecule has 138 valence electrons. The van der Waals surface area contributed by atoms with Gasteiger partial charge in [-0.2, -0.15) is 0 Å². The van der Waals surface area contributed by atoms with Crippen molar-refractivity contribution in [3.63, 3.8) is 0 Å². The van der Waals surface area contributed by atoms with Crippen molar-refractivity contribution in [2.75, 3.05) is 0 Å². The Hall–Kier alpha value is -1.78. The van der Waals surface area contributed by atoms with Crippen LogP contribution in [0, 0.1) is 28.1 Å². The van der Waals surface area contributed by atoms with Crippen molar-refractivity contribution in [1.82, 2.24) is 13.9 Å². The molecule has 4 bridgehead atoms. The Kier molecular flexibility index (Phi) is 2.38. The Morgan fingerprint density at radius 3 is 2.31 bits per heavy atom. The molecule has 1 aromatic heterocycles. The Bertz CT molecular complexity index is 1020. The molecular weight excluding hydrogens is 326 g/mol. The average Bonchev–Trinajstić information content (AvgIpc) is 3.04. The third kappa shape index (κ3) is 1.29. The maximum Gasteiger partial charge on any atom is 0.348 e. The molecule has 2 saturated carbocycles. The van der Waals surface area contributed by atoms with Crippen LogP contribution in [-0.2, 0) is 0 Å². The summed E-state index contributed by atoms with van der Waals surface area (Å²) in [7, 11) is 0. The number of hydrogen-bond donors (Lipinski definition) is 0. The summed E-state index contributed by atoms with van der Waals surface area (Å²) in [6, 6.07) is -0.0288. The van der Waals surface area contributed by atoms with E-state index < -0.39 is 0 Å². The molecule has 0 saturated heterocycles. The number of nitrogens with zero attached hydrogens (tertiary/aromatic N) is 3. The summed E-state index contributed by atoms with van der Waals surface area (Å²) in [5.74, 6) is 0.938. The van der Waals surface area contributed by atoms with Crippen molar-refractivity contribution in [1.29, 1.82) is 0 Å². The number of hydrogen-bond acceptors (Lipinski definition) is 2. The molecule has 0 spiro atoms. The summed E-state index contributed by atoms with van der Waals surface area (Å²) >= 11 is 0. The number of fused-ring (bicyclic) bond motifs is 2. The Morgan fingerprint density at radius 1 is 1.00 bits per heavy atom. The van der Waals surface area contributed by atoms with Gasteiger partial charge in [0.15, 0.2) is 0 Å². The van der Waals surface area contributed by atoms with Crippen LogP contribution in [0.15, 0.2) is 33.9 Å². The fourth-order valence-corrected chi connectivity index (χ4v) is 7.24.